The number of hydrogen-bond donors (Lipinski definition) is 1. The summed E-state index contributed by atoms with van der Waals surface area (Å²) >= 11 is 6.51. The van der Waals surface area contributed by atoms with Crippen LogP contribution in [0.2, 0.25) is 5.02 Å². The Morgan fingerprint density at radius 1 is 0.929 bits per heavy atom. The second kappa shape index (κ2) is 8.57. The summed E-state index contributed by atoms with van der Waals surface area (Å²) in [6.45, 7) is 0. The topological polar surface area (TPSA) is 40.0 Å². The number of halogens is 1. The van der Waals surface area contributed by atoms with E-state index < -0.39 is 0 Å². The van der Waals surface area contributed by atoms with E-state index in [2.05, 4.69) is 16.0 Å². The lowest BCUT2D eigenvalue weighted by molar-refractivity contribution is 0.440. The Hall–Kier alpha value is -2.65. The predicted molar refractivity (Wildman–Crippen MR) is 117 cm³/mol. The molecule has 1 aliphatic rings. The normalized spacial score (nSPS) is 14.6. The molecule has 2 aromatic carbocycles. The zero-order chi connectivity index (χ0) is 19.3. The molecule has 1 heterocycles. The van der Waals surface area contributed by atoms with E-state index in [9.17, 15) is 0 Å². The molecule has 4 rings (SSSR count). The molecular weight excluding hydrogens is 366 g/mol. The Morgan fingerprint density at radius 3 is 2.39 bits per heavy atom. The molecule has 3 nitrogen and oxygen atoms in total. The second-order valence-corrected chi connectivity index (χ2v) is 7.66. The Kier molecular flexibility index (Phi) is 5.73. The Morgan fingerprint density at radius 2 is 1.68 bits per heavy atom. The van der Waals surface area contributed by atoms with Crippen LogP contribution in [0, 0.1) is 5.41 Å². The first-order chi connectivity index (χ1) is 13.7. The predicted octanol–water partition coefficient (Wildman–Crippen LogP) is 6.57. The number of amidine groups is 1. The number of hydrogen-bond acceptors (Lipinski definition) is 2. The maximum Gasteiger partial charge on any atom is 0.132 e. The van der Waals surface area contributed by atoms with E-state index in [1.54, 1.807) is 6.20 Å². The number of aromatic nitrogens is 1. The first kappa shape index (κ1) is 18.7. The third-order valence-corrected chi connectivity index (χ3v) is 5.73. The fourth-order valence-electron chi connectivity index (χ4n) is 3.98. The average molecular weight is 390 g/mol. The lowest BCUT2D eigenvalue weighted by Gasteiger charge is -2.36. The van der Waals surface area contributed by atoms with Crippen molar-refractivity contribution < 1.29 is 0 Å². The molecule has 3 aromatic rings. The van der Waals surface area contributed by atoms with Gasteiger partial charge in [0.1, 0.15) is 5.84 Å². The maximum absolute atomic E-state index is 8.97. The van der Waals surface area contributed by atoms with Crippen molar-refractivity contribution in [3.8, 4) is 11.3 Å². The zero-order valence-corrected chi connectivity index (χ0v) is 16.6. The van der Waals surface area contributed by atoms with Crippen LogP contribution in [0.15, 0.2) is 72.9 Å². The lowest BCUT2D eigenvalue weighted by atomic mass is 9.93. The molecular formula is C24H24ClN3. The van der Waals surface area contributed by atoms with Crippen LogP contribution in [-0.2, 0) is 0 Å². The number of anilines is 1. The van der Waals surface area contributed by atoms with Crippen molar-refractivity contribution in [2.24, 2.45) is 0 Å². The van der Waals surface area contributed by atoms with Crippen LogP contribution in [0.4, 0.5) is 5.69 Å². The highest BCUT2D eigenvalue weighted by Crippen LogP contribution is 2.34. The van der Waals surface area contributed by atoms with Gasteiger partial charge in [-0.05, 0) is 43.2 Å². The summed E-state index contributed by atoms with van der Waals surface area (Å²) in [5, 5.41) is 9.64. The van der Waals surface area contributed by atoms with Gasteiger partial charge < -0.3 is 4.90 Å². The minimum atomic E-state index is 0.333. The van der Waals surface area contributed by atoms with Gasteiger partial charge in [-0.2, -0.15) is 0 Å². The fourth-order valence-corrected chi connectivity index (χ4v) is 4.19. The Bertz CT molecular complexity index is 935. The first-order valence-corrected chi connectivity index (χ1v) is 10.3. The molecule has 0 atom stereocenters. The van der Waals surface area contributed by atoms with Crippen molar-refractivity contribution in [1.29, 1.82) is 5.41 Å². The standard InChI is InChI=1S/C24H24ClN3/c25-22-15-14-20(17-21(22)23-13-7-8-16-27-23)28(19-11-5-2-6-12-19)24(26)18-9-3-1-4-10-18/h1,3-4,7-10,13-17,19,26H,2,5-6,11-12H2. The van der Waals surface area contributed by atoms with Crippen LogP contribution in [0.25, 0.3) is 11.3 Å². The quantitative estimate of drug-likeness (QED) is 0.405. The fraction of sp³-hybridized carbons (Fsp3) is 0.250. The molecule has 1 aliphatic carbocycles. The van der Waals surface area contributed by atoms with Crippen LogP contribution in [-0.4, -0.2) is 16.9 Å². The van der Waals surface area contributed by atoms with E-state index in [0.717, 1.165) is 35.3 Å². The summed E-state index contributed by atoms with van der Waals surface area (Å²) in [4.78, 5) is 6.66. The van der Waals surface area contributed by atoms with Gasteiger partial charge in [0.05, 0.1) is 10.7 Å². The van der Waals surface area contributed by atoms with Crippen LogP contribution >= 0.6 is 11.6 Å². The highest BCUT2D eigenvalue weighted by molar-refractivity contribution is 6.33. The van der Waals surface area contributed by atoms with Crippen LogP contribution in [0.1, 0.15) is 37.7 Å². The van der Waals surface area contributed by atoms with Gasteiger partial charge in [0, 0.05) is 29.1 Å². The highest BCUT2D eigenvalue weighted by atomic mass is 35.5. The third-order valence-electron chi connectivity index (χ3n) is 5.40. The van der Waals surface area contributed by atoms with Crippen molar-refractivity contribution >= 4 is 23.1 Å². The van der Waals surface area contributed by atoms with Gasteiger partial charge in [-0.1, -0.05) is 67.3 Å². The van der Waals surface area contributed by atoms with Gasteiger partial charge in [0.2, 0.25) is 0 Å². The van der Waals surface area contributed by atoms with Crippen molar-refractivity contribution in [3.05, 3.63) is 83.5 Å². The van der Waals surface area contributed by atoms with Crippen molar-refractivity contribution in [1.82, 2.24) is 4.98 Å². The van der Waals surface area contributed by atoms with Gasteiger partial charge in [0.25, 0.3) is 0 Å². The maximum atomic E-state index is 8.97. The van der Waals surface area contributed by atoms with E-state index in [-0.39, 0.29) is 0 Å². The smallest absolute Gasteiger partial charge is 0.132 e. The van der Waals surface area contributed by atoms with Gasteiger partial charge >= 0.3 is 0 Å². The lowest BCUT2D eigenvalue weighted by Crippen LogP contribution is -2.41. The summed E-state index contributed by atoms with van der Waals surface area (Å²) in [6, 6.07) is 22.2. The molecule has 0 radical (unpaired) electrons. The number of rotatable bonds is 4. The van der Waals surface area contributed by atoms with E-state index >= 15 is 0 Å². The molecule has 1 aromatic heterocycles. The Labute approximate surface area is 171 Å². The molecule has 1 saturated carbocycles. The largest absolute Gasteiger partial charge is 0.323 e. The highest BCUT2D eigenvalue weighted by Gasteiger charge is 2.26. The number of benzene rings is 2. The molecule has 1 fully saturated rings. The van der Waals surface area contributed by atoms with Crippen molar-refractivity contribution in [2.75, 3.05) is 4.90 Å². The summed E-state index contributed by atoms with van der Waals surface area (Å²) in [7, 11) is 0. The number of nitrogens with one attached hydrogen (secondary N) is 1. The van der Waals surface area contributed by atoms with E-state index in [4.69, 9.17) is 17.0 Å². The molecule has 4 heteroatoms. The Balaban J connectivity index is 1.77. The molecule has 0 unspecified atom stereocenters. The average Bonchev–Trinajstić information content (AvgIpc) is 2.77. The van der Waals surface area contributed by atoms with Crippen LogP contribution in [0.5, 0.6) is 0 Å². The van der Waals surface area contributed by atoms with Crippen LogP contribution in [0.3, 0.4) is 0 Å². The SMILES string of the molecule is N=C(c1ccccc1)N(c1ccc(Cl)c(-c2ccccn2)c1)C1CCCCC1. The van der Waals surface area contributed by atoms with E-state index in [0.29, 0.717) is 16.9 Å². The molecule has 0 aliphatic heterocycles. The minimum absolute atomic E-state index is 0.333. The molecule has 1 N–H and O–H groups in total. The van der Waals surface area contributed by atoms with E-state index in [1.807, 2.05) is 60.7 Å². The van der Waals surface area contributed by atoms with Crippen molar-refractivity contribution in [2.45, 2.75) is 38.1 Å². The minimum Gasteiger partial charge on any atom is -0.323 e. The van der Waals surface area contributed by atoms with Gasteiger partial charge in [-0.15, -0.1) is 0 Å². The zero-order valence-electron chi connectivity index (χ0n) is 15.8. The van der Waals surface area contributed by atoms with Gasteiger partial charge in [0.15, 0.2) is 0 Å². The first-order valence-electron chi connectivity index (χ1n) is 9.88. The summed E-state index contributed by atoms with van der Waals surface area (Å²) < 4.78 is 0. The molecule has 28 heavy (non-hydrogen) atoms. The molecule has 142 valence electrons. The van der Waals surface area contributed by atoms with Gasteiger partial charge in [-0.25, -0.2) is 0 Å². The number of pyridine rings is 1. The van der Waals surface area contributed by atoms with Crippen LogP contribution < -0.4 is 4.90 Å². The van der Waals surface area contributed by atoms with E-state index in [1.165, 1.54) is 19.3 Å². The number of nitrogens with zero attached hydrogens (tertiary/aromatic N) is 2. The molecule has 0 bridgehead atoms. The molecule has 0 spiro atoms. The monoisotopic (exact) mass is 389 g/mol. The molecule has 0 amide bonds. The van der Waals surface area contributed by atoms with Gasteiger partial charge in [-0.3, -0.25) is 10.4 Å². The second-order valence-electron chi connectivity index (χ2n) is 7.26. The summed E-state index contributed by atoms with van der Waals surface area (Å²) in [5.41, 5.74) is 3.69. The molecule has 0 saturated heterocycles. The van der Waals surface area contributed by atoms with Crippen molar-refractivity contribution in [3.63, 3.8) is 0 Å². The summed E-state index contributed by atoms with van der Waals surface area (Å²) in [5.74, 6) is 0.543. The third kappa shape index (κ3) is 3.95. The summed E-state index contributed by atoms with van der Waals surface area (Å²) in [6.07, 6.45) is 7.70.